The third kappa shape index (κ3) is 4.98. The number of hydrogen-bond donors (Lipinski definition) is 1. The van der Waals surface area contributed by atoms with Crippen LogP contribution < -0.4 is 44.8 Å². The predicted molar refractivity (Wildman–Crippen MR) is 112 cm³/mol. The minimum atomic E-state index is -1.10. The molecule has 31 heavy (non-hydrogen) atoms. The van der Waals surface area contributed by atoms with E-state index in [0.717, 1.165) is 18.0 Å². The summed E-state index contributed by atoms with van der Waals surface area (Å²) in [5.41, 5.74) is -0.351. The number of aryl methyl sites for hydroxylation is 1. The van der Waals surface area contributed by atoms with Crippen LogP contribution in [0.5, 0.6) is 11.5 Å². The zero-order valence-electron chi connectivity index (χ0n) is 17.0. The van der Waals surface area contributed by atoms with Gasteiger partial charge in [-0.05, 0) is 22.9 Å². The summed E-state index contributed by atoms with van der Waals surface area (Å²) < 4.78 is 10.8. The standard InChI is InChI=1S/C18H16BrN3O7S.Na/c1-7-4-9(23)12-15(28-3)8(14(26)13(19)16(12)29-7)6-20-21-18-22(2)17(27)10(30-18)5-11(24)25;/h4,6,10,26H,5H2,1-3H3,(H,24,25);/q;+1/p-1/b20-6+,21-18-;. The van der Waals surface area contributed by atoms with E-state index in [1.807, 2.05) is 0 Å². The van der Waals surface area contributed by atoms with Gasteiger partial charge in [-0.3, -0.25) is 19.3 Å². The zero-order chi connectivity index (χ0) is 22.2. The van der Waals surface area contributed by atoms with Gasteiger partial charge >= 0.3 is 35.5 Å². The summed E-state index contributed by atoms with van der Waals surface area (Å²) in [6, 6.07) is 1.28. The van der Waals surface area contributed by atoms with Gasteiger partial charge in [-0.25, -0.2) is 0 Å². The van der Waals surface area contributed by atoms with Crippen LogP contribution in [0.15, 0.2) is 30.0 Å². The van der Waals surface area contributed by atoms with Crippen molar-refractivity contribution in [3.8, 4) is 11.5 Å². The molecule has 1 aromatic carbocycles. The molecule has 1 N–H and O–H groups in total. The summed E-state index contributed by atoms with van der Waals surface area (Å²) in [5, 5.41) is 28.9. The molecular weight excluding hydrogens is 505 g/mol. The summed E-state index contributed by atoms with van der Waals surface area (Å²) in [7, 11) is 2.76. The van der Waals surface area contributed by atoms with Gasteiger partial charge in [-0.1, -0.05) is 17.5 Å². The third-order valence-electron chi connectivity index (χ3n) is 4.22. The number of halogens is 1. The average molecular weight is 520 g/mol. The molecule has 0 bridgehead atoms. The first kappa shape index (κ1) is 25.4. The number of carboxylic acid groups (broad SMARTS) is 1. The number of benzene rings is 1. The number of methoxy groups -OCH3 is 1. The molecule has 1 amide bonds. The van der Waals surface area contributed by atoms with Crippen molar-refractivity contribution in [2.75, 3.05) is 14.2 Å². The third-order valence-corrected chi connectivity index (χ3v) is 6.16. The molecule has 0 aliphatic carbocycles. The number of carboxylic acids is 1. The van der Waals surface area contributed by atoms with E-state index in [1.165, 1.54) is 25.1 Å². The quantitative estimate of drug-likeness (QED) is 0.291. The minimum absolute atomic E-state index is 0. The molecule has 1 unspecified atom stereocenters. The van der Waals surface area contributed by atoms with Crippen molar-refractivity contribution in [1.82, 2.24) is 4.90 Å². The van der Waals surface area contributed by atoms with Crippen molar-refractivity contribution in [1.29, 1.82) is 0 Å². The van der Waals surface area contributed by atoms with Crippen LogP contribution in [0, 0.1) is 6.92 Å². The summed E-state index contributed by atoms with van der Waals surface area (Å²) >= 11 is 4.12. The fraction of sp³-hybridized carbons (Fsp3) is 0.278. The maximum Gasteiger partial charge on any atom is 1.00 e. The van der Waals surface area contributed by atoms with Crippen LogP contribution in [-0.4, -0.2) is 52.7 Å². The second-order valence-electron chi connectivity index (χ2n) is 6.24. The Morgan fingerprint density at radius 1 is 1.48 bits per heavy atom. The molecule has 3 rings (SSSR count). The maximum absolute atomic E-state index is 12.7. The number of hydrogen-bond acceptors (Lipinski definition) is 9. The van der Waals surface area contributed by atoms with Crippen LogP contribution in [0.3, 0.4) is 0 Å². The van der Waals surface area contributed by atoms with E-state index >= 15 is 0 Å². The Hall–Kier alpha value is -1.86. The number of thioether (sulfide) groups is 1. The summed E-state index contributed by atoms with van der Waals surface area (Å²) in [6.45, 7) is 1.59. The Kier molecular flexibility index (Phi) is 8.34. The number of carbonyl (C=O) groups excluding carboxylic acids is 1. The normalized spacial score (nSPS) is 17.5. The van der Waals surface area contributed by atoms with Crippen molar-refractivity contribution in [3.05, 3.63) is 32.1 Å². The molecule has 158 valence electrons. The van der Waals surface area contributed by atoms with E-state index in [9.17, 15) is 19.5 Å². The van der Waals surface area contributed by atoms with Crippen LogP contribution >= 0.6 is 27.7 Å². The summed E-state index contributed by atoms with van der Waals surface area (Å²) in [6.07, 6.45) is 0.767. The molecule has 1 atom stereocenters. The number of ether oxygens (including phenoxy) is 1. The summed E-state index contributed by atoms with van der Waals surface area (Å²) in [4.78, 5) is 36.6. The molecule has 1 saturated heterocycles. The smallest absolute Gasteiger partial charge is 0.871 e. The number of aliphatic carboxylic acids is 1. The van der Waals surface area contributed by atoms with Crippen LogP contribution in [-0.2, 0) is 9.59 Å². The Morgan fingerprint density at radius 3 is 2.77 bits per heavy atom. The monoisotopic (exact) mass is 519 g/mol. The molecular formula is C18H15BrN3NaO7S. The van der Waals surface area contributed by atoms with E-state index in [0.29, 0.717) is 5.76 Å². The Balaban J connectivity index is 0.00000341. The first-order chi connectivity index (χ1) is 14.1. The number of amides is 1. The Bertz CT molecular complexity index is 1180. The molecule has 1 aromatic heterocycles. The number of carbonyl (C=O) groups is 2. The van der Waals surface area contributed by atoms with E-state index in [1.54, 1.807) is 6.92 Å². The molecule has 0 spiro atoms. The van der Waals surface area contributed by atoms with Crippen molar-refractivity contribution in [2.24, 2.45) is 10.2 Å². The first-order valence-corrected chi connectivity index (χ1v) is 10.1. The van der Waals surface area contributed by atoms with Gasteiger partial charge in [0.1, 0.15) is 22.1 Å². The average Bonchev–Trinajstić information content (AvgIpc) is 2.93. The van der Waals surface area contributed by atoms with Gasteiger partial charge in [0.25, 0.3) is 0 Å². The maximum atomic E-state index is 12.7. The fourth-order valence-electron chi connectivity index (χ4n) is 2.85. The molecule has 2 aromatic rings. The first-order valence-electron chi connectivity index (χ1n) is 8.43. The van der Waals surface area contributed by atoms with Gasteiger partial charge in [-0.15, -0.1) is 5.10 Å². The zero-order valence-corrected chi connectivity index (χ0v) is 21.4. The van der Waals surface area contributed by atoms with Crippen LogP contribution in [0.2, 0.25) is 0 Å². The van der Waals surface area contributed by atoms with Gasteiger partial charge < -0.3 is 19.4 Å². The Labute approximate surface area is 210 Å². The van der Waals surface area contributed by atoms with Gasteiger partial charge in [0.15, 0.2) is 16.2 Å². The minimum Gasteiger partial charge on any atom is -0.871 e. The van der Waals surface area contributed by atoms with E-state index < -0.39 is 22.9 Å². The van der Waals surface area contributed by atoms with Gasteiger partial charge in [0.05, 0.1) is 24.2 Å². The van der Waals surface area contributed by atoms with Gasteiger partial charge in [0.2, 0.25) is 5.91 Å². The Morgan fingerprint density at radius 2 is 2.16 bits per heavy atom. The number of nitrogens with zero attached hydrogens (tertiary/aromatic N) is 3. The molecule has 2 heterocycles. The topological polar surface area (TPSA) is 145 Å². The molecule has 0 radical (unpaired) electrons. The van der Waals surface area contributed by atoms with Crippen LogP contribution in [0.4, 0.5) is 0 Å². The van der Waals surface area contributed by atoms with E-state index in [-0.39, 0.29) is 73.3 Å². The van der Waals surface area contributed by atoms with E-state index in [4.69, 9.17) is 14.3 Å². The number of fused-ring (bicyclic) bond motifs is 1. The fourth-order valence-corrected chi connectivity index (χ4v) is 4.42. The van der Waals surface area contributed by atoms with Crippen molar-refractivity contribution >= 4 is 61.9 Å². The van der Waals surface area contributed by atoms with Crippen LogP contribution in [0.1, 0.15) is 17.7 Å². The van der Waals surface area contributed by atoms with Crippen molar-refractivity contribution in [2.45, 2.75) is 18.6 Å². The summed E-state index contributed by atoms with van der Waals surface area (Å²) in [5.74, 6) is -1.70. The largest absolute Gasteiger partial charge is 1.00 e. The molecule has 1 aliphatic rings. The van der Waals surface area contributed by atoms with Gasteiger partial charge in [0, 0.05) is 18.7 Å². The molecule has 10 nitrogen and oxygen atoms in total. The van der Waals surface area contributed by atoms with Crippen LogP contribution in [0.25, 0.3) is 11.0 Å². The van der Waals surface area contributed by atoms with Gasteiger partial charge in [-0.2, -0.15) is 5.10 Å². The second kappa shape index (κ2) is 10.2. The molecule has 1 aliphatic heterocycles. The number of rotatable bonds is 5. The molecule has 13 heteroatoms. The number of amidine groups is 1. The second-order valence-corrected chi connectivity index (χ2v) is 8.21. The molecule has 1 fully saturated rings. The SMILES string of the molecule is COc1c(/C=N/N=C2\SC(CC(=O)O)C(=O)N2C)c([O-])c(Br)c2oc(C)cc(=O)c12.[Na+]. The molecule has 0 saturated carbocycles. The van der Waals surface area contributed by atoms with Crippen molar-refractivity contribution < 1.29 is 58.5 Å². The van der Waals surface area contributed by atoms with Crippen molar-refractivity contribution in [3.63, 3.8) is 0 Å². The predicted octanol–water partition coefficient (Wildman–Crippen LogP) is -1.31. The van der Waals surface area contributed by atoms with E-state index in [2.05, 4.69) is 26.1 Å².